The first-order chi connectivity index (χ1) is 8.86. The first-order valence-corrected chi connectivity index (χ1v) is 4.63. The van der Waals surface area contributed by atoms with Crippen LogP contribution in [0.2, 0.25) is 10.0 Å². The molecule has 0 spiro atoms. The van der Waals surface area contributed by atoms with Gasteiger partial charge >= 0.3 is 0 Å². The van der Waals surface area contributed by atoms with E-state index in [0.717, 1.165) is 0 Å². The minimum absolute atomic E-state index is 0.0154. The lowest BCUT2D eigenvalue weighted by molar-refractivity contribution is 1.62. The van der Waals surface area contributed by atoms with Gasteiger partial charge in [-0.2, -0.15) is 0 Å². The van der Waals surface area contributed by atoms with E-state index in [1.54, 1.807) is 18.2 Å². The molecule has 0 amide bonds. The van der Waals surface area contributed by atoms with Crippen molar-refractivity contribution in [2.45, 2.75) is 0 Å². The fourth-order valence-electron chi connectivity index (χ4n) is 1.11. The number of hydrogen-bond donors (Lipinski definition) is 0. The molecule has 0 aromatic heterocycles. The molecule has 0 unspecified atom stereocenters. The summed E-state index contributed by atoms with van der Waals surface area (Å²) < 4.78 is 38.6. The molecule has 2 aromatic carbocycles. The number of halogens is 2. The Morgan fingerprint density at radius 3 is 2.07 bits per heavy atom. The van der Waals surface area contributed by atoms with Crippen molar-refractivity contribution in [2.75, 3.05) is 0 Å². The first-order valence-electron chi connectivity index (χ1n) is 6.37. The highest BCUT2D eigenvalue weighted by Crippen LogP contribution is 2.33. The van der Waals surface area contributed by atoms with E-state index in [0.29, 0.717) is 0 Å². The lowest BCUT2D eigenvalue weighted by Gasteiger charge is -2.06. The molecule has 0 aliphatic rings. The van der Waals surface area contributed by atoms with Crippen molar-refractivity contribution in [2.24, 2.45) is 0 Å². The molecule has 0 saturated carbocycles. The number of hydrogen-bond acceptors (Lipinski definition) is 0. The SMILES string of the molecule is [2H]c1c([2H])c([2H])c(-c2c(Cl)cccc2Cl)c([2H])c1[2H]. The third kappa shape index (κ3) is 1.77. The molecule has 0 fully saturated rings. The van der Waals surface area contributed by atoms with Crippen LogP contribution in [0.25, 0.3) is 11.1 Å². The fraction of sp³-hybridized carbons (Fsp3) is 0. The van der Waals surface area contributed by atoms with Crippen LogP contribution >= 0.6 is 23.2 Å². The largest absolute Gasteiger partial charge is 0.0836 e. The van der Waals surface area contributed by atoms with Crippen molar-refractivity contribution in [1.82, 2.24) is 0 Å². The van der Waals surface area contributed by atoms with E-state index in [1.165, 1.54) is 0 Å². The van der Waals surface area contributed by atoms with Crippen LogP contribution in [0, 0.1) is 0 Å². The van der Waals surface area contributed by atoms with Gasteiger partial charge in [-0.05, 0) is 17.7 Å². The molecule has 0 nitrogen and oxygen atoms in total. The van der Waals surface area contributed by atoms with Crippen LogP contribution in [-0.4, -0.2) is 0 Å². The highest BCUT2D eigenvalue weighted by molar-refractivity contribution is 6.39. The van der Waals surface area contributed by atoms with E-state index in [4.69, 9.17) is 30.1 Å². The van der Waals surface area contributed by atoms with Crippen molar-refractivity contribution < 1.29 is 6.85 Å². The molecule has 0 aliphatic carbocycles. The van der Waals surface area contributed by atoms with Crippen molar-refractivity contribution in [3.8, 4) is 11.1 Å². The van der Waals surface area contributed by atoms with Crippen LogP contribution in [0.3, 0.4) is 0 Å². The van der Waals surface area contributed by atoms with Gasteiger partial charge in [-0.3, -0.25) is 0 Å². The molecule has 0 atom stereocenters. The quantitative estimate of drug-likeness (QED) is 0.665. The van der Waals surface area contributed by atoms with Crippen LogP contribution in [0.4, 0.5) is 0 Å². The van der Waals surface area contributed by atoms with Gasteiger partial charge in [0.05, 0.1) is 6.85 Å². The van der Waals surface area contributed by atoms with E-state index in [-0.39, 0.29) is 33.3 Å². The monoisotopic (exact) mass is 227 g/mol. The van der Waals surface area contributed by atoms with Crippen molar-refractivity contribution in [1.29, 1.82) is 0 Å². The molecule has 70 valence electrons. The Balaban J connectivity index is 2.92. The summed E-state index contributed by atoms with van der Waals surface area (Å²) in [5.41, 5.74) is 0.268. The molecule has 0 radical (unpaired) electrons. The summed E-state index contributed by atoms with van der Waals surface area (Å²) in [7, 11) is 0. The van der Waals surface area contributed by atoms with E-state index in [2.05, 4.69) is 0 Å². The van der Waals surface area contributed by atoms with Crippen LogP contribution in [0.15, 0.2) is 48.4 Å². The molecule has 0 heterocycles. The predicted molar refractivity (Wildman–Crippen MR) is 61.9 cm³/mol. The Labute approximate surface area is 100 Å². The second kappa shape index (κ2) is 4.04. The third-order valence-electron chi connectivity index (χ3n) is 1.71. The Morgan fingerprint density at radius 2 is 1.50 bits per heavy atom. The normalized spacial score (nSPS) is 15.1. The molecule has 0 bridgehead atoms. The summed E-state index contributed by atoms with van der Waals surface area (Å²) in [5.74, 6) is 0. The Morgan fingerprint density at radius 1 is 0.929 bits per heavy atom. The third-order valence-corrected chi connectivity index (χ3v) is 2.34. The van der Waals surface area contributed by atoms with Gasteiger partial charge in [-0.15, -0.1) is 0 Å². The molecule has 2 rings (SSSR count). The first kappa shape index (κ1) is 5.20. The molecule has 0 saturated heterocycles. The summed E-state index contributed by atoms with van der Waals surface area (Å²) in [6.07, 6.45) is 0. The lowest BCUT2D eigenvalue weighted by Crippen LogP contribution is -1.80. The van der Waals surface area contributed by atoms with Gasteiger partial charge in [0.2, 0.25) is 0 Å². The van der Waals surface area contributed by atoms with Crippen molar-refractivity contribution >= 4 is 23.2 Å². The van der Waals surface area contributed by atoms with Crippen LogP contribution < -0.4 is 0 Å². The smallest absolute Gasteiger partial charge is 0.0629 e. The van der Waals surface area contributed by atoms with Gasteiger partial charge in [-0.25, -0.2) is 0 Å². The molecular formula is C12H8Cl2. The standard InChI is InChI=1S/C12H8Cl2/c13-10-7-4-8-11(14)12(10)9-5-2-1-3-6-9/h1-8H/i1D,2D,3D,5D,6D. The van der Waals surface area contributed by atoms with Crippen LogP contribution in [-0.2, 0) is 0 Å². The maximum absolute atomic E-state index is 7.88. The van der Waals surface area contributed by atoms with Gasteiger partial charge in [0.25, 0.3) is 0 Å². The average molecular weight is 228 g/mol. The van der Waals surface area contributed by atoms with E-state index in [1.807, 2.05) is 0 Å². The predicted octanol–water partition coefficient (Wildman–Crippen LogP) is 4.66. The average Bonchev–Trinajstić information content (AvgIpc) is 2.37. The van der Waals surface area contributed by atoms with Crippen molar-refractivity contribution in [3.63, 3.8) is 0 Å². The molecule has 0 N–H and O–H groups in total. The van der Waals surface area contributed by atoms with Gasteiger partial charge in [0.1, 0.15) is 0 Å². The Bertz CT molecular complexity index is 620. The lowest BCUT2D eigenvalue weighted by atomic mass is 10.1. The fourth-order valence-corrected chi connectivity index (χ4v) is 1.70. The molecule has 2 heteroatoms. The Kier molecular flexibility index (Phi) is 1.50. The van der Waals surface area contributed by atoms with E-state index >= 15 is 0 Å². The zero-order chi connectivity index (χ0) is 14.3. The second-order valence-corrected chi connectivity index (χ2v) is 3.41. The van der Waals surface area contributed by atoms with E-state index < -0.39 is 18.1 Å². The highest BCUT2D eigenvalue weighted by Gasteiger charge is 2.06. The summed E-state index contributed by atoms with van der Waals surface area (Å²) in [6, 6.07) is 2.85. The van der Waals surface area contributed by atoms with Gasteiger partial charge in [-0.1, -0.05) is 59.5 Å². The Hall–Kier alpha value is -0.980. The minimum Gasteiger partial charge on any atom is -0.0836 e. The molecule has 0 aliphatic heterocycles. The summed E-state index contributed by atoms with van der Waals surface area (Å²) in [4.78, 5) is 0. The van der Waals surface area contributed by atoms with Crippen LogP contribution in [0.5, 0.6) is 0 Å². The van der Waals surface area contributed by atoms with Gasteiger partial charge in [0.15, 0.2) is 0 Å². The van der Waals surface area contributed by atoms with Crippen molar-refractivity contribution in [3.05, 3.63) is 58.5 Å². The maximum atomic E-state index is 7.88. The molecule has 2 aromatic rings. The van der Waals surface area contributed by atoms with Gasteiger partial charge < -0.3 is 0 Å². The second-order valence-electron chi connectivity index (χ2n) is 2.60. The van der Waals surface area contributed by atoms with E-state index in [9.17, 15) is 0 Å². The van der Waals surface area contributed by atoms with Gasteiger partial charge in [0, 0.05) is 15.6 Å². The zero-order valence-electron chi connectivity index (χ0n) is 12.0. The molecular weight excluding hydrogens is 215 g/mol. The molecule has 14 heavy (non-hydrogen) atoms. The highest BCUT2D eigenvalue weighted by atomic mass is 35.5. The summed E-state index contributed by atoms with van der Waals surface area (Å²) in [6.45, 7) is 0. The topological polar surface area (TPSA) is 0 Å². The minimum atomic E-state index is -0.443. The maximum Gasteiger partial charge on any atom is 0.0629 e. The number of rotatable bonds is 1. The number of benzene rings is 2. The zero-order valence-corrected chi connectivity index (χ0v) is 8.50. The summed E-state index contributed by atoms with van der Waals surface area (Å²) >= 11 is 12.1. The van der Waals surface area contributed by atoms with Crippen LogP contribution in [0.1, 0.15) is 6.85 Å². The summed E-state index contributed by atoms with van der Waals surface area (Å²) in [5, 5.41) is 0.483.